The minimum atomic E-state index is -4.64. The number of phosphoric acid groups is 1. The molecule has 0 atom stereocenters. The van der Waals surface area contributed by atoms with Gasteiger partial charge in [0, 0.05) is 0 Å². The Labute approximate surface area is 82.2 Å². The van der Waals surface area contributed by atoms with Gasteiger partial charge in [-0.25, -0.2) is 0 Å². The molecule has 14 heavy (non-hydrogen) atoms. The van der Waals surface area contributed by atoms with E-state index in [-0.39, 0.29) is 6.61 Å². The fourth-order valence-corrected chi connectivity index (χ4v) is 4.17. The summed E-state index contributed by atoms with van der Waals surface area (Å²) >= 11 is 0. The normalized spacial score (nSPS) is 24.5. The first-order valence-electron chi connectivity index (χ1n) is 4.15. The van der Waals surface area contributed by atoms with Crippen molar-refractivity contribution >= 4 is 16.0 Å². The Kier molecular flexibility index (Phi) is 4.43. The Morgan fingerprint density at radius 2 is 2.00 bits per heavy atom. The Hall–Kier alpha value is 0.420. The minimum absolute atomic E-state index is 0.215. The molecule has 0 bridgehead atoms. The van der Waals surface area contributed by atoms with Gasteiger partial charge in [0.15, 0.2) is 0 Å². The SMILES string of the molecule is CCO[PH]1(OP(=O)(O)O)OCCCO1. The van der Waals surface area contributed by atoms with Gasteiger partial charge in [-0.15, -0.1) is 0 Å². The fraction of sp³-hybridized carbons (Fsp3) is 1.00. The summed E-state index contributed by atoms with van der Waals surface area (Å²) in [5.74, 6) is 0. The summed E-state index contributed by atoms with van der Waals surface area (Å²) in [6.07, 6.45) is 0.659. The molecule has 0 saturated carbocycles. The molecule has 1 fully saturated rings. The average Bonchev–Trinajstić information content (AvgIpc) is 2.02. The predicted molar refractivity (Wildman–Crippen MR) is 49.6 cm³/mol. The van der Waals surface area contributed by atoms with Crippen LogP contribution in [0.3, 0.4) is 0 Å². The third-order valence-corrected chi connectivity index (χ3v) is 5.00. The van der Waals surface area contributed by atoms with Crippen LogP contribution in [0.4, 0.5) is 0 Å². The van der Waals surface area contributed by atoms with Crippen LogP contribution in [0.15, 0.2) is 0 Å². The van der Waals surface area contributed by atoms with E-state index in [1.165, 1.54) is 0 Å². The second-order valence-electron chi connectivity index (χ2n) is 2.57. The molecule has 1 aliphatic rings. The second-order valence-corrected chi connectivity index (χ2v) is 6.14. The van der Waals surface area contributed by atoms with Crippen molar-refractivity contribution in [3.8, 4) is 0 Å². The summed E-state index contributed by atoms with van der Waals surface area (Å²) in [6, 6.07) is 0. The summed E-state index contributed by atoms with van der Waals surface area (Å²) < 4.78 is 30.2. The molecule has 9 heteroatoms. The monoisotopic (exact) mass is 248 g/mol. The van der Waals surface area contributed by atoms with Crippen molar-refractivity contribution in [3.63, 3.8) is 0 Å². The quantitative estimate of drug-likeness (QED) is 0.716. The third kappa shape index (κ3) is 3.88. The van der Waals surface area contributed by atoms with Gasteiger partial charge in [0.25, 0.3) is 0 Å². The Morgan fingerprint density at radius 1 is 1.43 bits per heavy atom. The molecule has 0 aromatic rings. The van der Waals surface area contributed by atoms with Crippen molar-refractivity contribution in [2.75, 3.05) is 19.8 Å². The standard InChI is InChI=1S/C5H14O7P2/c1-2-9-14(12-13(6,7)8)10-4-3-5-11-14/h14H,2-5H2,1H3,(H2,6,7,8). The van der Waals surface area contributed by atoms with Gasteiger partial charge >= 0.3 is 81.4 Å². The Morgan fingerprint density at radius 3 is 2.43 bits per heavy atom. The van der Waals surface area contributed by atoms with E-state index in [9.17, 15) is 4.57 Å². The van der Waals surface area contributed by atoms with E-state index in [1.54, 1.807) is 6.92 Å². The van der Waals surface area contributed by atoms with E-state index in [4.69, 9.17) is 23.4 Å². The van der Waals surface area contributed by atoms with Gasteiger partial charge in [-0.2, -0.15) is 0 Å². The second kappa shape index (κ2) is 4.96. The van der Waals surface area contributed by atoms with Crippen LogP contribution in [0.25, 0.3) is 0 Å². The molecular weight excluding hydrogens is 234 g/mol. The molecule has 0 aromatic carbocycles. The van der Waals surface area contributed by atoms with E-state index in [2.05, 4.69) is 4.31 Å². The van der Waals surface area contributed by atoms with Crippen LogP contribution >= 0.6 is 16.0 Å². The molecule has 1 heterocycles. The summed E-state index contributed by atoms with van der Waals surface area (Å²) in [7, 11) is -8.22. The number of rotatable bonds is 4. The maximum atomic E-state index is 10.6. The zero-order chi connectivity index (χ0) is 10.7. The van der Waals surface area contributed by atoms with Gasteiger partial charge in [0.2, 0.25) is 0 Å². The van der Waals surface area contributed by atoms with Crippen molar-refractivity contribution in [2.24, 2.45) is 0 Å². The summed E-state index contributed by atoms with van der Waals surface area (Å²) in [5, 5.41) is 0. The first-order chi connectivity index (χ1) is 6.47. The van der Waals surface area contributed by atoms with Gasteiger partial charge in [-0.05, 0) is 0 Å². The Bertz CT molecular complexity index is 215. The topological polar surface area (TPSA) is 94.5 Å². The van der Waals surface area contributed by atoms with Crippen molar-refractivity contribution in [1.29, 1.82) is 0 Å². The molecule has 2 N–H and O–H groups in total. The van der Waals surface area contributed by atoms with Crippen LogP contribution in [0.5, 0.6) is 0 Å². The fourth-order valence-electron chi connectivity index (χ4n) is 0.980. The number of hydrogen-bond acceptors (Lipinski definition) is 5. The molecular formula is C5H14O7P2. The van der Waals surface area contributed by atoms with Crippen LogP contribution in [-0.2, 0) is 22.4 Å². The number of hydrogen-bond donors (Lipinski definition) is 2. The summed E-state index contributed by atoms with van der Waals surface area (Å²) in [5.41, 5.74) is 0. The van der Waals surface area contributed by atoms with Gasteiger partial charge in [0.1, 0.15) is 0 Å². The predicted octanol–water partition coefficient (Wildman–Crippen LogP) is 0.979. The molecule has 86 valence electrons. The first kappa shape index (κ1) is 12.5. The van der Waals surface area contributed by atoms with E-state index in [0.717, 1.165) is 0 Å². The molecule has 0 radical (unpaired) electrons. The van der Waals surface area contributed by atoms with E-state index < -0.39 is 16.0 Å². The molecule has 0 unspecified atom stereocenters. The molecule has 7 nitrogen and oxygen atoms in total. The summed E-state index contributed by atoms with van der Waals surface area (Å²) in [6.45, 7) is 2.53. The average molecular weight is 248 g/mol. The first-order valence-corrected chi connectivity index (χ1v) is 7.32. The van der Waals surface area contributed by atoms with Gasteiger partial charge in [-0.1, -0.05) is 0 Å². The molecule has 1 rings (SSSR count). The molecule has 0 aliphatic carbocycles. The van der Waals surface area contributed by atoms with Gasteiger partial charge in [-0.3, -0.25) is 0 Å². The Balaban J connectivity index is 2.65. The molecule has 0 amide bonds. The van der Waals surface area contributed by atoms with Crippen molar-refractivity contribution < 1.29 is 32.2 Å². The van der Waals surface area contributed by atoms with E-state index in [0.29, 0.717) is 19.6 Å². The van der Waals surface area contributed by atoms with Crippen LogP contribution in [0.2, 0.25) is 0 Å². The van der Waals surface area contributed by atoms with Crippen molar-refractivity contribution in [3.05, 3.63) is 0 Å². The van der Waals surface area contributed by atoms with Crippen LogP contribution < -0.4 is 0 Å². The zero-order valence-electron chi connectivity index (χ0n) is 7.71. The van der Waals surface area contributed by atoms with Crippen LogP contribution in [0, 0.1) is 0 Å². The molecule has 1 aliphatic heterocycles. The molecule has 0 spiro atoms. The summed E-state index contributed by atoms with van der Waals surface area (Å²) in [4.78, 5) is 17.3. The van der Waals surface area contributed by atoms with Crippen LogP contribution in [-0.4, -0.2) is 29.6 Å². The van der Waals surface area contributed by atoms with E-state index >= 15 is 0 Å². The van der Waals surface area contributed by atoms with E-state index in [1.807, 2.05) is 0 Å². The van der Waals surface area contributed by atoms with Gasteiger partial charge < -0.3 is 0 Å². The van der Waals surface area contributed by atoms with Crippen LogP contribution in [0.1, 0.15) is 13.3 Å². The third-order valence-electron chi connectivity index (χ3n) is 1.40. The van der Waals surface area contributed by atoms with Crippen molar-refractivity contribution in [2.45, 2.75) is 13.3 Å². The zero-order valence-corrected chi connectivity index (χ0v) is 9.61. The molecule has 0 aromatic heterocycles. The maximum absolute atomic E-state index is 10.6. The van der Waals surface area contributed by atoms with Gasteiger partial charge in [0.05, 0.1) is 0 Å². The molecule has 1 saturated heterocycles. The van der Waals surface area contributed by atoms with Crippen molar-refractivity contribution in [1.82, 2.24) is 0 Å².